The first-order valence-corrected chi connectivity index (χ1v) is 11.0. The van der Waals surface area contributed by atoms with E-state index in [0.29, 0.717) is 17.7 Å². The molecule has 1 aliphatic carbocycles. The number of methoxy groups -OCH3 is 1. The zero-order valence-corrected chi connectivity index (χ0v) is 19.0. The molecule has 10 heteroatoms. The van der Waals surface area contributed by atoms with E-state index in [4.69, 9.17) is 14.2 Å². The summed E-state index contributed by atoms with van der Waals surface area (Å²) in [5, 5.41) is 44.2. The second kappa shape index (κ2) is 7.56. The average Bonchev–Trinajstić information content (AvgIpc) is 3.20. The fraction of sp³-hybridized carbons (Fsp3) is 0.458. The lowest BCUT2D eigenvalue weighted by Gasteiger charge is -2.44. The maximum atomic E-state index is 13.4. The number of aliphatic hydroxyl groups excluding tert-OH is 2. The summed E-state index contributed by atoms with van der Waals surface area (Å²) in [5.41, 5.74) is -2.62. The molecule has 2 aromatic rings. The first-order valence-electron chi connectivity index (χ1n) is 11.0. The van der Waals surface area contributed by atoms with E-state index in [1.807, 2.05) is 0 Å². The van der Waals surface area contributed by atoms with Crippen LogP contribution in [-0.4, -0.2) is 62.9 Å². The summed E-state index contributed by atoms with van der Waals surface area (Å²) in [6.45, 7) is 5.04. The molecule has 1 aromatic carbocycles. The molecular weight excluding hydrogens is 446 g/mol. The fourth-order valence-corrected chi connectivity index (χ4v) is 5.23. The van der Waals surface area contributed by atoms with Crippen LogP contribution >= 0.6 is 0 Å². The second-order valence-electron chi connectivity index (χ2n) is 8.94. The van der Waals surface area contributed by atoms with E-state index in [9.17, 15) is 30.0 Å². The fourth-order valence-electron chi connectivity index (χ4n) is 5.23. The molecule has 2 aliphatic heterocycles. The molecule has 5 rings (SSSR count). The van der Waals surface area contributed by atoms with Crippen LogP contribution in [0.3, 0.4) is 0 Å². The summed E-state index contributed by atoms with van der Waals surface area (Å²) in [7, 11) is 1.33. The molecule has 6 atom stereocenters. The number of pyridine rings is 1. The van der Waals surface area contributed by atoms with Crippen LogP contribution in [0.25, 0.3) is 11.1 Å². The van der Waals surface area contributed by atoms with Gasteiger partial charge in [0.1, 0.15) is 12.2 Å². The number of hydrogen-bond donors (Lipinski definition) is 4. The molecule has 34 heavy (non-hydrogen) atoms. The zero-order chi connectivity index (χ0) is 24.7. The van der Waals surface area contributed by atoms with Crippen LogP contribution in [-0.2, 0) is 15.1 Å². The third-order valence-electron chi connectivity index (χ3n) is 6.91. The number of ketones is 1. The summed E-state index contributed by atoms with van der Waals surface area (Å²) in [6.07, 6.45) is -5.48. The molecule has 1 aromatic heterocycles. The summed E-state index contributed by atoms with van der Waals surface area (Å²) < 4.78 is 16.7. The van der Waals surface area contributed by atoms with Crippen molar-refractivity contribution in [2.75, 3.05) is 7.11 Å². The lowest BCUT2D eigenvalue weighted by atomic mass is 9.82. The van der Waals surface area contributed by atoms with Crippen molar-refractivity contribution in [3.05, 3.63) is 50.4 Å². The van der Waals surface area contributed by atoms with E-state index in [-0.39, 0.29) is 28.1 Å². The molecule has 0 bridgehead atoms. The second-order valence-corrected chi connectivity index (χ2v) is 8.94. The highest BCUT2D eigenvalue weighted by molar-refractivity contribution is 6.23. The highest BCUT2D eigenvalue weighted by Crippen LogP contribution is 2.54. The number of carbonyl (C=O) groups is 1. The minimum atomic E-state index is -2.34. The molecule has 3 aliphatic rings. The quantitative estimate of drug-likeness (QED) is 0.431. The Labute approximate surface area is 194 Å². The normalized spacial score (nSPS) is 29.7. The van der Waals surface area contributed by atoms with Crippen LogP contribution in [0.15, 0.2) is 16.9 Å². The summed E-state index contributed by atoms with van der Waals surface area (Å²) in [5.74, 6) is -1.52. The van der Waals surface area contributed by atoms with Gasteiger partial charge in [0.15, 0.2) is 28.3 Å². The topological polar surface area (TPSA) is 156 Å². The van der Waals surface area contributed by atoms with Gasteiger partial charge in [0.05, 0.1) is 29.0 Å². The highest BCUT2D eigenvalue weighted by atomic mass is 16.7. The van der Waals surface area contributed by atoms with Gasteiger partial charge in [-0.1, -0.05) is 6.92 Å². The molecule has 0 radical (unpaired) electrons. The van der Waals surface area contributed by atoms with Gasteiger partial charge in [-0.15, -0.1) is 0 Å². The van der Waals surface area contributed by atoms with Crippen LogP contribution in [0.4, 0.5) is 0 Å². The monoisotopic (exact) mass is 471 g/mol. The number of aromatic hydroxyl groups is 1. The van der Waals surface area contributed by atoms with Gasteiger partial charge in [0.25, 0.3) is 0 Å². The van der Waals surface area contributed by atoms with Gasteiger partial charge in [-0.2, -0.15) is 0 Å². The van der Waals surface area contributed by atoms with Gasteiger partial charge in [0, 0.05) is 29.5 Å². The minimum Gasteiger partial charge on any atom is -0.504 e. The van der Waals surface area contributed by atoms with E-state index < -0.39 is 58.8 Å². The van der Waals surface area contributed by atoms with E-state index in [0.717, 1.165) is 6.07 Å². The van der Waals surface area contributed by atoms with Crippen molar-refractivity contribution in [1.82, 2.24) is 4.98 Å². The smallest absolute Gasteiger partial charge is 0.236 e. The molecule has 4 N–H and O–H groups in total. The number of aromatic nitrogens is 1. The lowest BCUT2D eigenvalue weighted by molar-refractivity contribution is -0.310. The number of nitrogens with zero attached hydrogens (tertiary/aromatic N) is 1. The Hall–Kier alpha value is -2.89. The molecule has 0 spiro atoms. The Balaban J connectivity index is 1.81. The van der Waals surface area contributed by atoms with Crippen LogP contribution in [0.1, 0.15) is 59.2 Å². The van der Waals surface area contributed by atoms with Gasteiger partial charge in [0.2, 0.25) is 6.29 Å². The molecule has 0 amide bonds. The van der Waals surface area contributed by atoms with Crippen LogP contribution in [0.2, 0.25) is 0 Å². The number of aryl methyl sites for hydroxylation is 1. The van der Waals surface area contributed by atoms with Crippen molar-refractivity contribution in [2.24, 2.45) is 0 Å². The molecule has 180 valence electrons. The summed E-state index contributed by atoms with van der Waals surface area (Å²) >= 11 is 0. The minimum absolute atomic E-state index is 0.0291. The molecule has 0 saturated carbocycles. The molecule has 1 saturated heterocycles. The first-order chi connectivity index (χ1) is 16.1. The van der Waals surface area contributed by atoms with Crippen LogP contribution in [0.5, 0.6) is 11.5 Å². The Morgan fingerprint density at radius 1 is 1.24 bits per heavy atom. The average molecular weight is 471 g/mol. The van der Waals surface area contributed by atoms with E-state index >= 15 is 0 Å². The number of aliphatic hydroxyl groups is 3. The SMILES string of the molecule is CCC(O)c1nc(C)cc2c1C(=O)c1cc(=O)c3c(c(O)c1-2)OC1OC(C)C(OC)C(O)C31O. The summed E-state index contributed by atoms with van der Waals surface area (Å²) in [4.78, 5) is 31.1. The third kappa shape index (κ3) is 2.77. The first kappa shape index (κ1) is 22.9. The lowest BCUT2D eigenvalue weighted by Crippen LogP contribution is -2.63. The number of ether oxygens (including phenoxy) is 3. The van der Waals surface area contributed by atoms with Crippen molar-refractivity contribution < 1.29 is 39.4 Å². The van der Waals surface area contributed by atoms with E-state index in [1.54, 1.807) is 26.8 Å². The standard InChI is InChI=1S/C24H25NO9/c1-5-12(26)17-15-10(6-8(2)25-17)14-11(18(15)28)7-13(27)16-21(19(14)29)34-23-24(16,31)22(30)20(32-4)9(3)33-23/h6-7,9,12,20,22-23,26,29-31H,5H2,1-4H3. The van der Waals surface area contributed by atoms with Crippen molar-refractivity contribution in [3.8, 4) is 22.6 Å². The molecular formula is C24H25NO9. The maximum absolute atomic E-state index is 13.4. The number of carbonyl (C=O) groups excluding carboxylic acids is 1. The molecule has 6 unspecified atom stereocenters. The Morgan fingerprint density at radius 2 is 1.94 bits per heavy atom. The number of fused-ring (bicyclic) bond motifs is 6. The van der Waals surface area contributed by atoms with Crippen LogP contribution in [0, 0.1) is 6.92 Å². The molecule has 1 fully saturated rings. The largest absolute Gasteiger partial charge is 0.504 e. The van der Waals surface area contributed by atoms with Gasteiger partial charge < -0.3 is 34.6 Å². The third-order valence-corrected chi connectivity index (χ3v) is 6.91. The predicted molar refractivity (Wildman–Crippen MR) is 117 cm³/mol. The molecule has 10 nitrogen and oxygen atoms in total. The Morgan fingerprint density at radius 3 is 2.59 bits per heavy atom. The van der Waals surface area contributed by atoms with Crippen molar-refractivity contribution in [1.29, 1.82) is 0 Å². The van der Waals surface area contributed by atoms with Gasteiger partial charge in [-0.05, 0) is 32.4 Å². The van der Waals surface area contributed by atoms with Crippen molar-refractivity contribution >= 4 is 5.78 Å². The summed E-state index contributed by atoms with van der Waals surface area (Å²) in [6, 6.07) is 2.58. The van der Waals surface area contributed by atoms with Gasteiger partial charge in [-0.25, -0.2) is 0 Å². The molecule has 3 heterocycles. The number of rotatable bonds is 3. The maximum Gasteiger partial charge on any atom is 0.236 e. The predicted octanol–water partition coefficient (Wildman–Crippen LogP) is 0.811. The van der Waals surface area contributed by atoms with E-state index in [1.165, 1.54) is 7.11 Å². The van der Waals surface area contributed by atoms with Gasteiger partial charge >= 0.3 is 0 Å². The Kier molecular flexibility index (Phi) is 5.08. The number of hydrogen-bond acceptors (Lipinski definition) is 10. The van der Waals surface area contributed by atoms with Crippen molar-refractivity contribution in [2.45, 2.75) is 63.5 Å². The van der Waals surface area contributed by atoms with E-state index in [2.05, 4.69) is 4.98 Å². The Bertz CT molecular complexity index is 1290. The zero-order valence-electron chi connectivity index (χ0n) is 19.0. The van der Waals surface area contributed by atoms with Crippen LogP contribution < -0.4 is 10.2 Å². The highest BCUT2D eigenvalue weighted by Gasteiger charge is 2.63. The van der Waals surface area contributed by atoms with Gasteiger partial charge in [-0.3, -0.25) is 14.6 Å². The van der Waals surface area contributed by atoms with Crippen molar-refractivity contribution in [3.63, 3.8) is 0 Å².